The molecule has 92 valence electrons. The molecule has 0 spiro atoms. The Bertz CT molecular complexity index is 327. The number of aliphatic hydroxyl groups is 1. The maximum atomic E-state index is 12.2. The summed E-state index contributed by atoms with van der Waals surface area (Å²) in [5, 5.41) is 12.2. The number of halogens is 3. The molecule has 1 aromatic rings. The highest BCUT2D eigenvalue weighted by molar-refractivity contribution is 7.15. The Hall–Kier alpha value is -0.820. The van der Waals surface area contributed by atoms with Crippen molar-refractivity contribution >= 4 is 16.5 Å². The molecule has 0 amide bonds. The highest BCUT2D eigenvalue weighted by Crippen LogP contribution is 2.34. The van der Waals surface area contributed by atoms with Crippen LogP contribution in [0.1, 0.15) is 24.6 Å². The Morgan fingerprint density at radius 2 is 2.25 bits per heavy atom. The van der Waals surface area contributed by atoms with Crippen molar-refractivity contribution in [2.45, 2.75) is 32.0 Å². The van der Waals surface area contributed by atoms with E-state index >= 15 is 0 Å². The molecule has 0 radical (unpaired) electrons. The largest absolute Gasteiger partial charge is 0.427 e. The molecule has 0 aliphatic heterocycles. The van der Waals surface area contributed by atoms with E-state index in [1.807, 2.05) is 6.92 Å². The average Bonchev–Trinajstić information content (AvgIpc) is 2.63. The molecule has 1 rings (SSSR count). The molecule has 0 saturated heterocycles. The number of thiazole rings is 1. The van der Waals surface area contributed by atoms with Crippen molar-refractivity contribution in [3.8, 4) is 0 Å². The maximum Gasteiger partial charge on any atom is 0.427 e. The van der Waals surface area contributed by atoms with Gasteiger partial charge in [0.2, 0.25) is 0 Å². The molecule has 1 unspecified atom stereocenters. The predicted molar refractivity (Wildman–Crippen MR) is 56.5 cm³/mol. The van der Waals surface area contributed by atoms with Crippen LogP contribution in [0.15, 0.2) is 6.20 Å². The van der Waals surface area contributed by atoms with Gasteiger partial charge in [0.25, 0.3) is 0 Å². The van der Waals surface area contributed by atoms with Gasteiger partial charge in [0.05, 0.1) is 12.3 Å². The molecular weight excluding hydrogens is 241 g/mol. The number of aliphatic hydroxyl groups excluding tert-OH is 1. The minimum absolute atomic E-state index is 0.183. The van der Waals surface area contributed by atoms with E-state index < -0.39 is 17.2 Å². The van der Waals surface area contributed by atoms with Gasteiger partial charge in [-0.3, -0.25) is 0 Å². The quantitative estimate of drug-likeness (QED) is 0.849. The summed E-state index contributed by atoms with van der Waals surface area (Å²) in [7, 11) is 0. The summed E-state index contributed by atoms with van der Waals surface area (Å²) >= 11 is 0.542. The molecule has 2 N–H and O–H groups in total. The number of rotatable bonds is 5. The highest BCUT2D eigenvalue weighted by atomic mass is 32.1. The van der Waals surface area contributed by atoms with Crippen molar-refractivity contribution in [3.05, 3.63) is 11.1 Å². The molecule has 0 fully saturated rings. The van der Waals surface area contributed by atoms with Crippen molar-refractivity contribution in [1.82, 2.24) is 4.98 Å². The van der Waals surface area contributed by atoms with Crippen LogP contribution < -0.4 is 5.32 Å². The van der Waals surface area contributed by atoms with Crippen molar-refractivity contribution in [2.75, 3.05) is 11.9 Å². The first-order valence-corrected chi connectivity index (χ1v) is 5.70. The summed E-state index contributed by atoms with van der Waals surface area (Å²) in [5.41, 5.74) is 0. The number of nitrogens with zero attached hydrogens (tertiary/aromatic N) is 1. The molecular formula is C9H13F3N2OS. The fraction of sp³-hybridized carbons (Fsp3) is 0.667. The summed E-state index contributed by atoms with van der Waals surface area (Å²) in [6.07, 6.45) is -2.67. The molecule has 0 aliphatic rings. The molecule has 0 saturated carbocycles. The second-order valence-electron chi connectivity index (χ2n) is 3.35. The zero-order valence-electron chi connectivity index (χ0n) is 8.71. The molecule has 0 aliphatic carbocycles. The van der Waals surface area contributed by atoms with Crippen LogP contribution in [0, 0.1) is 0 Å². The predicted octanol–water partition coefficient (Wildman–Crippen LogP) is 2.73. The highest BCUT2D eigenvalue weighted by Gasteiger charge is 2.33. The Morgan fingerprint density at radius 3 is 2.75 bits per heavy atom. The molecule has 1 atom stereocenters. The first kappa shape index (κ1) is 13.2. The third-order valence-corrected chi connectivity index (χ3v) is 2.90. The minimum Gasteiger partial charge on any atom is -0.391 e. The van der Waals surface area contributed by atoms with E-state index in [9.17, 15) is 18.3 Å². The summed E-state index contributed by atoms with van der Waals surface area (Å²) in [6.45, 7) is 2.15. The Balaban J connectivity index is 2.47. The summed E-state index contributed by atoms with van der Waals surface area (Å²) < 4.78 is 36.6. The topological polar surface area (TPSA) is 45.1 Å². The molecule has 0 aromatic carbocycles. The summed E-state index contributed by atoms with van der Waals surface area (Å²) in [6, 6.07) is 0. The van der Waals surface area contributed by atoms with E-state index in [-0.39, 0.29) is 11.7 Å². The molecule has 1 heterocycles. The van der Waals surface area contributed by atoms with Crippen LogP contribution in [0.3, 0.4) is 0 Å². The second kappa shape index (κ2) is 5.49. The lowest BCUT2D eigenvalue weighted by molar-refractivity contribution is -0.134. The van der Waals surface area contributed by atoms with Gasteiger partial charge in [0.1, 0.15) is 4.88 Å². The van der Waals surface area contributed by atoms with Crippen molar-refractivity contribution in [1.29, 1.82) is 0 Å². The van der Waals surface area contributed by atoms with E-state index in [1.54, 1.807) is 0 Å². The van der Waals surface area contributed by atoms with Crippen LogP contribution >= 0.6 is 11.3 Å². The molecule has 3 nitrogen and oxygen atoms in total. The first-order valence-electron chi connectivity index (χ1n) is 4.88. The van der Waals surface area contributed by atoms with Gasteiger partial charge < -0.3 is 10.4 Å². The molecule has 7 heteroatoms. The number of anilines is 1. The number of alkyl halides is 3. The van der Waals surface area contributed by atoms with Gasteiger partial charge >= 0.3 is 6.18 Å². The molecule has 16 heavy (non-hydrogen) atoms. The Morgan fingerprint density at radius 1 is 1.56 bits per heavy atom. The summed E-state index contributed by atoms with van der Waals surface area (Å²) in [5.74, 6) is 0. The van der Waals surface area contributed by atoms with Crippen LogP contribution in [0.4, 0.5) is 18.3 Å². The van der Waals surface area contributed by atoms with Gasteiger partial charge in [-0.05, 0) is 6.42 Å². The Labute approximate surface area is 95.3 Å². The zero-order valence-corrected chi connectivity index (χ0v) is 9.53. The van der Waals surface area contributed by atoms with Crippen LogP contribution in [-0.2, 0) is 6.18 Å². The third kappa shape index (κ3) is 3.97. The van der Waals surface area contributed by atoms with Crippen LogP contribution in [0.5, 0.6) is 0 Å². The molecule has 1 aromatic heterocycles. The zero-order chi connectivity index (χ0) is 12.2. The van der Waals surface area contributed by atoms with Gasteiger partial charge in [0, 0.05) is 6.54 Å². The monoisotopic (exact) mass is 254 g/mol. The summed E-state index contributed by atoms with van der Waals surface area (Å²) in [4.78, 5) is 2.85. The van der Waals surface area contributed by atoms with Crippen molar-refractivity contribution in [3.63, 3.8) is 0 Å². The smallest absolute Gasteiger partial charge is 0.391 e. The first-order chi connectivity index (χ1) is 7.43. The van der Waals surface area contributed by atoms with Crippen LogP contribution in [0.25, 0.3) is 0 Å². The van der Waals surface area contributed by atoms with E-state index in [0.29, 0.717) is 17.8 Å². The Kier molecular flexibility index (Phi) is 4.55. The second-order valence-corrected chi connectivity index (χ2v) is 4.38. The van der Waals surface area contributed by atoms with Crippen LogP contribution in [-0.4, -0.2) is 22.7 Å². The fourth-order valence-electron chi connectivity index (χ4n) is 1.13. The number of aromatic nitrogens is 1. The van der Waals surface area contributed by atoms with E-state index in [4.69, 9.17) is 0 Å². The van der Waals surface area contributed by atoms with Gasteiger partial charge in [-0.1, -0.05) is 24.7 Å². The van der Waals surface area contributed by atoms with Crippen LogP contribution in [0.2, 0.25) is 0 Å². The SMILES string of the molecule is CCCC(O)CNc1ncc(C(F)(F)F)s1. The average molecular weight is 254 g/mol. The van der Waals surface area contributed by atoms with E-state index in [2.05, 4.69) is 10.3 Å². The van der Waals surface area contributed by atoms with Crippen molar-refractivity contribution < 1.29 is 18.3 Å². The normalized spacial score (nSPS) is 13.8. The lowest BCUT2D eigenvalue weighted by Gasteiger charge is -2.09. The number of hydrogen-bond acceptors (Lipinski definition) is 4. The standard InChI is InChI=1S/C9H13F3N2OS/c1-2-3-6(15)4-13-8-14-5-7(16-8)9(10,11)12/h5-6,15H,2-4H2,1H3,(H,13,14). The fourth-order valence-corrected chi connectivity index (χ4v) is 1.82. The van der Waals surface area contributed by atoms with Gasteiger partial charge in [-0.25, -0.2) is 4.98 Å². The van der Waals surface area contributed by atoms with Gasteiger partial charge in [0.15, 0.2) is 5.13 Å². The lowest BCUT2D eigenvalue weighted by atomic mass is 10.2. The third-order valence-electron chi connectivity index (χ3n) is 1.90. The minimum atomic E-state index is -4.35. The van der Waals surface area contributed by atoms with E-state index in [1.165, 1.54) is 0 Å². The van der Waals surface area contributed by atoms with E-state index in [0.717, 1.165) is 12.6 Å². The number of nitrogens with one attached hydrogen (secondary N) is 1. The van der Waals surface area contributed by atoms with Gasteiger partial charge in [-0.2, -0.15) is 13.2 Å². The lowest BCUT2D eigenvalue weighted by Crippen LogP contribution is -2.18. The molecule has 0 bridgehead atoms. The van der Waals surface area contributed by atoms with Crippen molar-refractivity contribution in [2.24, 2.45) is 0 Å². The number of hydrogen-bond donors (Lipinski definition) is 2. The maximum absolute atomic E-state index is 12.2. The van der Waals surface area contributed by atoms with Gasteiger partial charge in [-0.15, -0.1) is 0 Å².